The molecular formula is C28H41NO. The maximum absolute atomic E-state index is 12.4. The molecule has 164 valence electrons. The van der Waals surface area contributed by atoms with Gasteiger partial charge < -0.3 is 4.90 Å². The van der Waals surface area contributed by atoms with Gasteiger partial charge in [-0.1, -0.05) is 51.1 Å². The summed E-state index contributed by atoms with van der Waals surface area (Å²) in [6.45, 7) is 7.74. The van der Waals surface area contributed by atoms with Gasteiger partial charge in [-0.2, -0.15) is 0 Å². The van der Waals surface area contributed by atoms with Gasteiger partial charge in [0.1, 0.15) is 0 Å². The standard InChI is InChI=1S/C28H41NO/c1-19(18-20-8-6-5-7-9-20)22-11-12-23-21-10-13-25-28(3,17-15-26(30)29(25)4)24(21)14-16-27(22,23)2/h5-9,19,21-25H,10-18H2,1-4H3/t19?,21-,22+,23-,24-,25+,27+,28+/m0/s1. The van der Waals surface area contributed by atoms with Crippen molar-refractivity contribution in [3.8, 4) is 0 Å². The molecule has 2 nitrogen and oxygen atoms in total. The summed E-state index contributed by atoms with van der Waals surface area (Å²) in [5.41, 5.74) is 2.38. The summed E-state index contributed by atoms with van der Waals surface area (Å²) in [7, 11) is 2.08. The average Bonchev–Trinajstić information content (AvgIpc) is 3.09. The zero-order valence-electron chi connectivity index (χ0n) is 19.6. The van der Waals surface area contributed by atoms with Crippen LogP contribution >= 0.6 is 0 Å². The topological polar surface area (TPSA) is 20.3 Å². The molecule has 1 amide bonds. The highest BCUT2D eigenvalue weighted by Crippen LogP contribution is 2.67. The molecule has 30 heavy (non-hydrogen) atoms. The smallest absolute Gasteiger partial charge is 0.222 e. The molecule has 0 N–H and O–H groups in total. The van der Waals surface area contributed by atoms with Crippen LogP contribution in [0.4, 0.5) is 0 Å². The Morgan fingerprint density at radius 2 is 1.70 bits per heavy atom. The molecule has 1 aromatic rings. The molecule has 1 aromatic carbocycles. The molecule has 4 fully saturated rings. The van der Waals surface area contributed by atoms with Crippen LogP contribution in [0.3, 0.4) is 0 Å². The monoisotopic (exact) mass is 407 g/mol. The highest BCUT2D eigenvalue weighted by atomic mass is 16.2. The second-order valence-electron chi connectivity index (χ2n) is 11.9. The zero-order chi connectivity index (χ0) is 21.1. The lowest BCUT2D eigenvalue weighted by Crippen LogP contribution is -2.61. The first-order valence-corrected chi connectivity index (χ1v) is 12.6. The highest BCUT2D eigenvalue weighted by Gasteiger charge is 2.61. The van der Waals surface area contributed by atoms with Gasteiger partial charge in [0.25, 0.3) is 0 Å². The SMILES string of the molecule is CC(Cc1ccccc1)[C@H]1CC[C@H]2[C@@H]3CC[C@H]4N(C)C(=O)CC[C@]4(C)[C@H]3CC[C@]12C. The first-order valence-electron chi connectivity index (χ1n) is 12.6. The van der Waals surface area contributed by atoms with Crippen LogP contribution in [0.1, 0.15) is 77.7 Å². The molecule has 0 spiro atoms. The number of rotatable bonds is 3. The lowest BCUT2D eigenvalue weighted by Gasteiger charge is -2.62. The van der Waals surface area contributed by atoms with Gasteiger partial charge in [0.2, 0.25) is 5.91 Å². The van der Waals surface area contributed by atoms with E-state index < -0.39 is 0 Å². The third kappa shape index (κ3) is 3.00. The summed E-state index contributed by atoms with van der Waals surface area (Å²) in [4.78, 5) is 14.5. The minimum absolute atomic E-state index is 0.348. The van der Waals surface area contributed by atoms with Gasteiger partial charge in [-0.25, -0.2) is 0 Å². The Balaban J connectivity index is 1.36. The van der Waals surface area contributed by atoms with E-state index in [2.05, 4.69) is 63.1 Å². The molecule has 3 saturated carbocycles. The van der Waals surface area contributed by atoms with Crippen molar-refractivity contribution in [1.82, 2.24) is 4.90 Å². The van der Waals surface area contributed by atoms with Crippen molar-refractivity contribution in [3.05, 3.63) is 35.9 Å². The van der Waals surface area contributed by atoms with Crippen molar-refractivity contribution in [2.45, 2.75) is 84.6 Å². The van der Waals surface area contributed by atoms with Crippen LogP contribution in [-0.2, 0) is 11.2 Å². The number of amides is 1. The molecule has 1 aliphatic heterocycles. The summed E-state index contributed by atoms with van der Waals surface area (Å²) >= 11 is 0. The Morgan fingerprint density at radius 1 is 0.967 bits per heavy atom. The zero-order valence-corrected chi connectivity index (χ0v) is 19.6. The van der Waals surface area contributed by atoms with E-state index in [0.29, 0.717) is 22.8 Å². The number of hydrogen-bond acceptors (Lipinski definition) is 1. The third-order valence-electron chi connectivity index (χ3n) is 10.7. The average molecular weight is 408 g/mol. The van der Waals surface area contributed by atoms with Gasteiger partial charge in [0.15, 0.2) is 0 Å². The highest BCUT2D eigenvalue weighted by molar-refractivity contribution is 5.77. The first-order chi connectivity index (χ1) is 14.3. The summed E-state index contributed by atoms with van der Waals surface area (Å²) < 4.78 is 0. The quantitative estimate of drug-likeness (QED) is 0.572. The fourth-order valence-electron chi connectivity index (χ4n) is 9.25. The number of nitrogens with zero attached hydrogens (tertiary/aromatic N) is 1. The van der Waals surface area contributed by atoms with Crippen LogP contribution < -0.4 is 0 Å². The molecular weight excluding hydrogens is 366 g/mol. The molecule has 0 aromatic heterocycles. The van der Waals surface area contributed by atoms with Crippen LogP contribution in [0.2, 0.25) is 0 Å². The van der Waals surface area contributed by atoms with Crippen LogP contribution in [0.5, 0.6) is 0 Å². The predicted molar refractivity (Wildman–Crippen MR) is 123 cm³/mol. The molecule has 8 atom stereocenters. The predicted octanol–water partition coefficient (Wildman–Crippen LogP) is 6.34. The van der Waals surface area contributed by atoms with Crippen molar-refractivity contribution in [3.63, 3.8) is 0 Å². The van der Waals surface area contributed by atoms with E-state index in [1.165, 1.54) is 50.5 Å². The lowest BCUT2D eigenvalue weighted by atomic mass is 9.46. The first kappa shape index (κ1) is 20.6. The summed E-state index contributed by atoms with van der Waals surface area (Å²) in [5, 5.41) is 0. The van der Waals surface area contributed by atoms with E-state index in [-0.39, 0.29) is 0 Å². The largest absolute Gasteiger partial charge is 0.342 e. The molecule has 5 rings (SSSR count). The molecule has 4 aliphatic rings. The Hall–Kier alpha value is -1.31. The van der Waals surface area contributed by atoms with Crippen molar-refractivity contribution in [1.29, 1.82) is 0 Å². The molecule has 0 bridgehead atoms. The fourth-order valence-corrected chi connectivity index (χ4v) is 9.25. The molecule has 1 saturated heterocycles. The number of likely N-dealkylation sites (tertiary alicyclic amines) is 1. The second-order valence-corrected chi connectivity index (χ2v) is 11.9. The molecule has 0 radical (unpaired) electrons. The lowest BCUT2D eigenvalue weighted by molar-refractivity contribution is -0.158. The minimum atomic E-state index is 0.348. The van der Waals surface area contributed by atoms with Crippen LogP contribution in [-0.4, -0.2) is 23.9 Å². The van der Waals surface area contributed by atoms with Gasteiger partial charge in [0.05, 0.1) is 0 Å². The molecule has 3 aliphatic carbocycles. The van der Waals surface area contributed by atoms with E-state index in [0.717, 1.165) is 42.4 Å². The van der Waals surface area contributed by atoms with Gasteiger partial charge in [0, 0.05) is 19.5 Å². The fraction of sp³-hybridized carbons (Fsp3) is 0.750. The third-order valence-corrected chi connectivity index (χ3v) is 10.7. The second kappa shape index (κ2) is 7.38. The summed E-state index contributed by atoms with van der Waals surface area (Å²) in [6, 6.07) is 11.6. The Kier molecular flexibility index (Phi) is 5.07. The van der Waals surface area contributed by atoms with Crippen LogP contribution in [0.25, 0.3) is 0 Å². The van der Waals surface area contributed by atoms with E-state index >= 15 is 0 Å². The van der Waals surface area contributed by atoms with Crippen molar-refractivity contribution in [2.75, 3.05) is 7.05 Å². The number of hydrogen-bond donors (Lipinski definition) is 0. The number of carbonyl (C=O) groups is 1. The van der Waals surface area contributed by atoms with E-state index in [9.17, 15) is 4.79 Å². The normalized spacial score (nSPS) is 44.2. The van der Waals surface area contributed by atoms with Crippen molar-refractivity contribution in [2.24, 2.45) is 40.4 Å². The maximum atomic E-state index is 12.4. The van der Waals surface area contributed by atoms with Gasteiger partial charge in [-0.05, 0) is 97.3 Å². The number of carbonyl (C=O) groups excluding carboxylic acids is 1. The molecule has 1 unspecified atom stereocenters. The molecule has 2 heteroatoms. The van der Waals surface area contributed by atoms with Crippen LogP contribution in [0.15, 0.2) is 30.3 Å². The van der Waals surface area contributed by atoms with Gasteiger partial charge >= 0.3 is 0 Å². The van der Waals surface area contributed by atoms with Gasteiger partial charge in [-0.3, -0.25) is 4.79 Å². The van der Waals surface area contributed by atoms with Crippen molar-refractivity contribution < 1.29 is 4.79 Å². The minimum Gasteiger partial charge on any atom is -0.342 e. The van der Waals surface area contributed by atoms with E-state index in [1.807, 2.05) is 0 Å². The number of fused-ring (bicyclic) bond motifs is 5. The Morgan fingerprint density at radius 3 is 2.47 bits per heavy atom. The summed E-state index contributed by atoms with van der Waals surface area (Å²) in [5.74, 6) is 4.63. The molecule has 1 heterocycles. The van der Waals surface area contributed by atoms with E-state index in [4.69, 9.17) is 0 Å². The number of piperidine rings is 1. The van der Waals surface area contributed by atoms with E-state index in [1.54, 1.807) is 0 Å². The number of benzene rings is 1. The van der Waals surface area contributed by atoms with Crippen molar-refractivity contribution >= 4 is 5.91 Å². The maximum Gasteiger partial charge on any atom is 0.222 e. The Bertz CT molecular complexity index is 789. The van der Waals surface area contributed by atoms with Gasteiger partial charge in [-0.15, -0.1) is 0 Å². The summed E-state index contributed by atoms with van der Waals surface area (Å²) in [6.07, 6.45) is 11.4. The van der Waals surface area contributed by atoms with Crippen LogP contribution in [0, 0.1) is 40.4 Å². The Labute approximate surface area is 183 Å².